The number of nitrogens with zero attached hydrogens (tertiary/aromatic N) is 1. The van der Waals surface area contributed by atoms with Crippen molar-refractivity contribution in [3.8, 4) is 0 Å². The maximum absolute atomic E-state index is 10.7. The van der Waals surface area contributed by atoms with Gasteiger partial charge >= 0.3 is 0 Å². The van der Waals surface area contributed by atoms with E-state index in [4.69, 9.17) is 6.57 Å². The Labute approximate surface area is 173 Å². The van der Waals surface area contributed by atoms with Crippen molar-refractivity contribution in [2.45, 2.75) is 115 Å². The highest BCUT2D eigenvalue weighted by atomic mass is 16.3. The molecule has 2 heteroatoms. The van der Waals surface area contributed by atoms with E-state index < -0.39 is 0 Å². The molecule has 1 aromatic carbocycles. The van der Waals surface area contributed by atoms with Crippen molar-refractivity contribution >= 4 is 0 Å². The van der Waals surface area contributed by atoms with Gasteiger partial charge in [-0.25, -0.2) is 6.57 Å². The molecule has 156 valence electrons. The van der Waals surface area contributed by atoms with Crippen LogP contribution in [0, 0.1) is 12.5 Å². The van der Waals surface area contributed by atoms with Gasteiger partial charge in [0.15, 0.2) is 0 Å². The van der Waals surface area contributed by atoms with E-state index in [9.17, 15) is 5.11 Å². The topological polar surface area (TPSA) is 24.6 Å². The number of benzene rings is 1. The standard InChI is InChI=1S/C26H41NO/c1-6-8-10-11-12-23-22(18-19-24(23)27-5)20-14-16-21(17-15-20)26(3,4)25(28)13-9-7-2/h14-17,22-25,28H,6-13,18-19H2,1-4H3. The second kappa shape index (κ2) is 11.0. The molecule has 1 aromatic rings. The summed E-state index contributed by atoms with van der Waals surface area (Å²) in [6, 6.07) is 9.21. The van der Waals surface area contributed by atoms with Crippen LogP contribution in [0.25, 0.3) is 4.85 Å². The van der Waals surface area contributed by atoms with Gasteiger partial charge in [0, 0.05) is 17.8 Å². The Morgan fingerprint density at radius 1 is 1.04 bits per heavy atom. The van der Waals surface area contributed by atoms with Crippen molar-refractivity contribution in [3.05, 3.63) is 46.8 Å². The first kappa shape index (κ1) is 23.0. The fourth-order valence-corrected chi connectivity index (χ4v) is 4.93. The summed E-state index contributed by atoms with van der Waals surface area (Å²) in [6.07, 6.45) is 11.3. The average molecular weight is 384 g/mol. The summed E-state index contributed by atoms with van der Waals surface area (Å²) in [7, 11) is 0. The quantitative estimate of drug-likeness (QED) is 0.315. The van der Waals surface area contributed by atoms with Crippen LogP contribution in [-0.4, -0.2) is 17.3 Å². The number of aliphatic hydroxyl groups excluding tert-OH is 1. The minimum atomic E-state index is -0.303. The van der Waals surface area contributed by atoms with Crippen LogP contribution in [0.3, 0.4) is 0 Å². The molecule has 0 radical (unpaired) electrons. The first-order valence-electron chi connectivity index (χ1n) is 11.6. The number of hydrogen-bond acceptors (Lipinski definition) is 1. The third kappa shape index (κ3) is 5.60. The fraction of sp³-hybridized carbons (Fsp3) is 0.731. The monoisotopic (exact) mass is 383 g/mol. The molecular weight excluding hydrogens is 342 g/mol. The third-order valence-electron chi connectivity index (χ3n) is 7.09. The molecule has 2 nitrogen and oxygen atoms in total. The van der Waals surface area contributed by atoms with Crippen molar-refractivity contribution in [2.75, 3.05) is 0 Å². The predicted octanol–water partition coefficient (Wildman–Crippen LogP) is 7.27. The molecule has 4 unspecified atom stereocenters. The van der Waals surface area contributed by atoms with Gasteiger partial charge in [-0.2, -0.15) is 0 Å². The van der Waals surface area contributed by atoms with Crippen LogP contribution in [0.15, 0.2) is 24.3 Å². The summed E-state index contributed by atoms with van der Waals surface area (Å²) >= 11 is 0. The number of hydrogen-bond donors (Lipinski definition) is 1. The summed E-state index contributed by atoms with van der Waals surface area (Å²) in [4.78, 5) is 3.97. The number of aliphatic hydroxyl groups is 1. The Hall–Kier alpha value is -1.33. The van der Waals surface area contributed by atoms with Crippen molar-refractivity contribution in [2.24, 2.45) is 5.92 Å². The second-order valence-corrected chi connectivity index (χ2v) is 9.40. The van der Waals surface area contributed by atoms with E-state index in [0.717, 1.165) is 32.1 Å². The molecule has 28 heavy (non-hydrogen) atoms. The molecular formula is C26H41NO. The lowest BCUT2D eigenvalue weighted by Crippen LogP contribution is -2.33. The fourth-order valence-electron chi connectivity index (χ4n) is 4.93. The average Bonchev–Trinajstić information content (AvgIpc) is 3.12. The Bertz CT molecular complexity index is 612. The van der Waals surface area contributed by atoms with E-state index in [-0.39, 0.29) is 17.6 Å². The van der Waals surface area contributed by atoms with Gasteiger partial charge in [0.2, 0.25) is 6.04 Å². The van der Waals surface area contributed by atoms with E-state index in [2.05, 4.69) is 56.8 Å². The number of unbranched alkanes of at least 4 members (excludes halogenated alkanes) is 4. The predicted molar refractivity (Wildman–Crippen MR) is 120 cm³/mol. The highest BCUT2D eigenvalue weighted by Crippen LogP contribution is 2.44. The molecule has 1 aliphatic carbocycles. The van der Waals surface area contributed by atoms with Gasteiger partial charge in [-0.3, -0.25) is 0 Å². The van der Waals surface area contributed by atoms with Crippen molar-refractivity contribution in [1.29, 1.82) is 0 Å². The first-order valence-corrected chi connectivity index (χ1v) is 11.6. The van der Waals surface area contributed by atoms with Gasteiger partial charge in [-0.1, -0.05) is 90.5 Å². The van der Waals surface area contributed by atoms with Crippen molar-refractivity contribution in [1.82, 2.24) is 0 Å². The highest BCUT2D eigenvalue weighted by molar-refractivity contribution is 5.32. The summed E-state index contributed by atoms with van der Waals surface area (Å²) < 4.78 is 0. The van der Waals surface area contributed by atoms with Crippen molar-refractivity contribution < 1.29 is 5.11 Å². The van der Waals surface area contributed by atoms with Gasteiger partial charge in [0.05, 0.1) is 6.10 Å². The molecule has 0 aromatic heterocycles. The maximum Gasteiger partial charge on any atom is 0.227 e. The van der Waals surface area contributed by atoms with Gasteiger partial charge in [0.1, 0.15) is 0 Å². The third-order valence-corrected chi connectivity index (χ3v) is 7.09. The molecule has 0 amide bonds. The summed E-state index contributed by atoms with van der Waals surface area (Å²) in [5.41, 5.74) is 2.40. The van der Waals surface area contributed by atoms with Crippen LogP contribution < -0.4 is 0 Å². The Kier molecular flexibility index (Phi) is 9.03. The summed E-state index contributed by atoms with van der Waals surface area (Å²) in [5.74, 6) is 1.05. The molecule has 2 rings (SSSR count). The lowest BCUT2D eigenvalue weighted by atomic mass is 9.76. The Morgan fingerprint density at radius 2 is 1.71 bits per heavy atom. The largest absolute Gasteiger partial charge is 0.392 e. The highest BCUT2D eigenvalue weighted by Gasteiger charge is 2.40. The maximum atomic E-state index is 10.7. The molecule has 0 saturated heterocycles. The molecule has 1 fully saturated rings. The van der Waals surface area contributed by atoms with Crippen LogP contribution in [-0.2, 0) is 5.41 Å². The second-order valence-electron chi connectivity index (χ2n) is 9.40. The van der Waals surface area contributed by atoms with E-state index in [1.165, 1.54) is 43.2 Å². The molecule has 0 aliphatic heterocycles. The zero-order valence-electron chi connectivity index (χ0n) is 18.6. The molecule has 1 saturated carbocycles. The van der Waals surface area contributed by atoms with Crippen LogP contribution >= 0.6 is 0 Å². The minimum Gasteiger partial charge on any atom is -0.392 e. The lowest BCUT2D eigenvalue weighted by molar-refractivity contribution is 0.0890. The smallest absolute Gasteiger partial charge is 0.227 e. The summed E-state index contributed by atoms with van der Waals surface area (Å²) in [5, 5.41) is 10.7. The van der Waals surface area contributed by atoms with Crippen LogP contribution in [0.2, 0.25) is 0 Å². The lowest BCUT2D eigenvalue weighted by Gasteiger charge is -2.32. The normalized spacial score (nSPS) is 23.5. The Morgan fingerprint density at radius 3 is 2.32 bits per heavy atom. The van der Waals surface area contributed by atoms with Gasteiger partial charge in [0.25, 0.3) is 0 Å². The van der Waals surface area contributed by atoms with Crippen molar-refractivity contribution in [3.63, 3.8) is 0 Å². The van der Waals surface area contributed by atoms with Crippen LogP contribution in [0.1, 0.15) is 109 Å². The zero-order chi connectivity index (χ0) is 20.6. The first-order chi connectivity index (χ1) is 13.5. The SMILES string of the molecule is [C-]#[N+]C1CCC(c2ccc(C(C)(C)C(O)CCCC)cc2)C1CCCCCC. The molecule has 1 N–H and O–H groups in total. The zero-order valence-corrected chi connectivity index (χ0v) is 18.6. The minimum absolute atomic E-state index is 0.207. The van der Waals surface area contributed by atoms with Gasteiger partial charge < -0.3 is 9.95 Å². The molecule has 0 heterocycles. The van der Waals surface area contributed by atoms with Gasteiger partial charge in [-0.05, 0) is 36.3 Å². The molecule has 4 atom stereocenters. The molecule has 0 bridgehead atoms. The van der Waals surface area contributed by atoms with Crippen LogP contribution in [0.5, 0.6) is 0 Å². The summed E-state index contributed by atoms with van der Waals surface area (Å²) in [6.45, 7) is 16.4. The van der Waals surface area contributed by atoms with E-state index >= 15 is 0 Å². The molecule has 1 aliphatic rings. The van der Waals surface area contributed by atoms with E-state index in [0.29, 0.717) is 11.8 Å². The molecule has 0 spiro atoms. The van der Waals surface area contributed by atoms with E-state index in [1.807, 2.05) is 0 Å². The van der Waals surface area contributed by atoms with E-state index in [1.54, 1.807) is 0 Å². The number of rotatable bonds is 11. The Balaban J connectivity index is 2.09. The van der Waals surface area contributed by atoms with Crippen LogP contribution in [0.4, 0.5) is 0 Å². The van der Waals surface area contributed by atoms with Gasteiger partial charge in [-0.15, -0.1) is 0 Å².